The van der Waals surface area contributed by atoms with Gasteiger partial charge in [-0.2, -0.15) is 0 Å². The van der Waals surface area contributed by atoms with Crippen LogP contribution < -0.4 is 0 Å². The van der Waals surface area contributed by atoms with Gasteiger partial charge in [-0.1, -0.05) is 23.2 Å². The molecule has 0 spiro atoms. The zero-order valence-electron chi connectivity index (χ0n) is 7.42. The SMILES string of the molecule is Clc1cnc(-c2ccnc(Br)c2)c(Cl)c1. The molecule has 0 saturated heterocycles. The number of rotatable bonds is 1. The summed E-state index contributed by atoms with van der Waals surface area (Å²) in [4.78, 5) is 8.21. The Hall–Kier alpha value is -0.640. The van der Waals surface area contributed by atoms with Gasteiger partial charge in [-0.05, 0) is 34.1 Å². The van der Waals surface area contributed by atoms with Gasteiger partial charge in [-0.25, -0.2) is 4.98 Å². The van der Waals surface area contributed by atoms with Gasteiger partial charge in [0, 0.05) is 18.0 Å². The Labute approximate surface area is 105 Å². The van der Waals surface area contributed by atoms with Crippen LogP contribution in [-0.4, -0.2) is 9.97 Å². The second-order valence-electron chi connectivity index (χ2n) is 2.85. The van der Waals surface area contributed by atoms with E-state index in [2.05, 4.69) is 25.9 Å². The van der Waals surface area contributed by atoms with E-state index in [1.807, 2.05) is 12.1 Å². The van der Waals surface area contributed by atoms with Crippen LogP contribution in [0.1, 0.15) is 0 Å². The maximum absolute atomic E-state index is 6.03. The lowest BCUT2D eigenvalue weighted by Crippen LogP contribution is -1.86. The summed E-state index contributed by atoms with van der Waals surface area (Å²) in [6.07, 6.45) is 3.25. The zero-order chi connectivity index (χ0) is 10.8. The number of hydrogen-bond donors (Lipinski definition) is 0. The highest BCUT2D eigenvalue weighted by atomic mass is 79.9. The third-order valence-electron chi connectivity index (χ3n) is 1.81. The van der Waals surface area contributed by atoms with Crippen LogP contribution in [0.4, 0.5) is 0 Å². The summed E-state index contributed by atoms with van der Waals surface area (Å²) >= 11 is 15.1. The Balaban J connectivity index is 2.54. The monoisotopic (exact) mass is 302 g/mol. The molecule has 0 aliphatic carbocycles. The Morgan fingerprint density at radius 2 is 1.93 bits per heavy atom. The summed E-state index contributed by atoms with van der Waals surface area (Å²) < 4.78 is 0.743. The van der Waals surface area contributed by atoms with Crippen LogP contribution in [0.2, 0.25) is 10.0 Å². The van der Waals surface area contributed by atoms with Crippen LogP contribution in [0, 0.1) is 0 Å². The molecule has 0 unspecified atom stereocenters. The van der Waals surface area contributed by atoms with E-state index >= 15 is 0 Å². The fraction of sp³-hybridized carbons (Fsp3) is 0. The molecule has 0 aliphatic heterocycles. The maximum atomic E-state index is 6.03. The van der Waals surface area contributed by atoms with E-state index < -0.39 is 0 Å². The van der Waals surface area contributed by atoms with E-state index in [1.54, 1.807) is 18.5 Å². The lowest BCUT2D eigenvalue weighted by atomic mass is 10.2. The molecule has 2 heterocycles. The van der Waals surface area contributed by atoms with Crippen molar-refractivity contribution in [1.82, 2.24) is 9.97 Å². The molecule has 15 heavy (non-hydrogen) atoms. The Bertz CT molecular complexity index is 503. The molecule has 2 nitrogen and oxygen atoms in total. The highest BCUT2D eigenvalue weighted by molar-refractivity contribution is 9.10. The lowest BCUT2D eigenvalue weighted by Gasteiger charge is -2.03. The molecule has 0 aliphatic rings. The fourth-order valence-electron chi connectivity index (χ4n) is 1.18. The minimum Gasteiger partial charge on any atom is -0.253 e. The molecule has 0 atom stereocenters. The van der Waals surface area contributed by atoms with E-state index in [9.17, 15) is 0 Å². The molecule has 2 rings (SSSR count). The molecule has 2 aromatic rings. The Kier molecular flexibility index (Phi) is 3.24. The van der Waals surface area contributed by atoms with Crippen molar-refractivity contribution < 1.29 is 0 Å². The first-order valence-electron chi connectivity index (χ1n) is 4.10. The van der Waals surface area contributed by atoms with E-state index in [0.717, 1.165) is 10.2 Å². The standard InChI is InChI=1S/C10H5BrCl2N2/c11-9-3-6(1-2-14-9)10-8(13)4-7(12)5-15-10/h1-5H. The molecule has 0 N–H and O–H groups in total. The predicted octanol–water partition coefficient (Wildman–Crippen LogP) is 4.21. The van der Waals surface area contributed by atoms with Crippen molar-refractivity contribution in [3.8, 4) is 11.3 Å². The molecule has 0 bridgehead atoms. The van der Waals surface area contributed by atoms with Gasteiger partial charge in [0.1, 0.15) is 4.60 Å². The zero-order valence-corrected chi connectivity index (χ0v) is 10.5. The van der Waals surface area contributed by atoms with E-state index in [0.29, 0.717) is 15.7 Å². The summed E-state index contributed by atoms with van der Waals surface area (Å²) in [7, 11) is 0. The molecular formula is C10H5BrCl2N2. The van der Waals surface area contributed by atoms with Crippen molar-refractivity contribution in [3.05, 3.63) is 45.2 Å². The Morgan fingerprint density at radius 3 is 2.60 bits per heavy atom. The van der Waals surface area contributed by atoms with Gasteiger partial charge in [-0.15, -0.1) is 0 Å². The highest BCUT2D eigenvalue weighted by Gasteiger charge is 2.06. The van der Waals surface area contributed by atoms with Gasteiger partial charge in [0.15, 0.2) is 0 Å². The number of halogens is 3. The molecule has 0 amide bonds. The average Bonchev–Trinajstić information content (AvgIpc) is 2.17. The van der Waals surface area contributed by atoms with Crippen molar-refractivity contribution in [1.29, 1.82) is 0 Å². The van der Waals surface area contributed by atoms with Gasteiger partial charge in [0.05, 0.1) is 15.7 Å². The number of pyridine rings is 2. The second-order valence-corrected chi connectivity index (χ2v) is 4.51. The van der Waals surface area contributed by atoms with Gasteiger partial charge < -0.3 is 0 Å². The summed E-state index contributed by atoms with van der Waals surface area (Å²) in [5.41, 5.74) is 1.60. The molecule has 76 valence electrons. The van der Waals surface area contributed by atoms with Gasteiger partial charge in [-0.3, -0.25) is 4.98 Å². The lowest BCUT2D eigenvalue weighted by molar-refractivity contribution is 1.26. The quantitative estimate of drug-likeness (QED) is 0.737. The minimum absolute atomic E-state index is 0.525. The molecule has 0 fully saturated rings. The van der Waals surface area contributed by atoms with E-state index in [1.165, 1.54) is 0 Å². The van der Waals surface area contributed by atoms with Crippen LogP contribution in [0.5, 0.6) is 0 Å². The molecule has 0 saturated carbocycles. The van der Waals surface area contributed by atoms with Crippen molar-refractivity contribution in [2.24, 2.45) is 0 Å². The molecule has 5 heteroatoms. The topological polar surface area (TPSA) is 25.8 Å². The normalized spacial score (nSPS) is 10.3. The van der Waals surface area contributed by atoms with Crippen LogP contribution in [-0.2, 0) is 0 Å². The molecule has 2 aromatic heterocycles. The summed E-state index contributed by atoms with van der Waals surface area (Å²) in [6, 6.07) is 5.36. The highest BCUT2D eigenvalue weighted by Crippen LogP contribution is 2.28. The largest absolute Gasteiger partial charge is 0.253 e. The smallest absolute Gasteiger partial charge is 0.106 e. The van der Waals surface area contributed by atoms with Crippen molar-refractivity contribution in [3.63, 3.8) is 0 Å². The fourth-order valence-corrected chi connectivity index (χ4v) is 2.03. The molecule has 0 radical (unpaired) electrons. The molecule has 0 aromatic carbocycles. The summed E-state index contributed by atoms with van der Waals surface area (Å²) in [5.74, 6) is 0. The van der Waals surface area contributed by atoms with Crippen LogP contribution >= 0.6 is 39.1 Å². The first-order chi connectivity index (χ1) is 7.16. The maximum Gasteiger partial charge on any atom is 0.106 e. The second kappa shape index (κ2) is 4.47. The number of aromatic nitrogens is 2. The van der Waals surface area contributed by atoms with Crippen LogP contribution in [0.3, 0.4) is 0 Å². The summed E-state index contributed by atoms with van der Waals surface area (Å²) in [5, 5.41) is 1.05. The van der Waals surface area contributed by atoms with Gasteiger partial charge in [0.25, 0.3) is 0 Å². The van der Waals surface area contributed by atoms with E-state index in [-0.39, 0.29) is 0 Å². The summed E-state index contributed by atoms with van der Waals surface area (Å²) in [6.45, 7) is 0. The average molecular weight is 304 g/mol. The van der Waals surface area contributed by atoms with Gasteiger partial charge >= 0.3 is 0 Å². The molecular weight excluding hydrogens is 299 g/mol. The predicted molar refractivity (Wildman–Crippen MR) is 65.2 cm³/mol. The van der Waals surface area contributed by atoms with Gasteiger partial charge in [0.2, 0.25) is 0 Å². The number of nitrogens with zero attached hydrogens (tertiary/aromatic N) is 2. The third-order valence-corrected chi connectivity index (χ3v) is 2.74. The third kappa shape index (κ3) is 2.48. The van der Waals surface area contributed by atoms with Crippen molar-refractivity contribution in [2.75, 3.05) is 0 Å². The minimum atomic E-state index is 0.525. The van der Waals surface area contributed by atoms with Crippen LogP contribution in [0.15, 0.2) is 35.2 Å². The first kappa shape index (κ1) is 10.9. The Morgan fingerprint density at radius 1 is 1.13 bits per heavy atom. The van der Waals surface area contributed by atoms with Crippen molar-refractivity contribution >= 4 is 39.1 Å². The van der Waals surface area contributed by atoms with Crippen molar-refractivity contribution in [2.45, 2.75) is 0 Å². The van der Waals surface area contributed by atoms with E-state index in [4.69, 9.17) is 23.2 Å². The number of hydrogen-bond acceptors (Lipinski definition) is 2. The first-order valence-corrected chi connectivity index (χ1v) is 5.64. The van der Waals surface area contributed by atoms with Crippen LogP contribution in [0.25, 0.3) is 11.3 Å².